The molecule has 0 fully saturated rings. The Labute approximate surface area is 199 Å². The van der Waals surface area contributed by atoms with Gasteiger partial charge in [-0.05, 0) is 61.6 Å². The molecule has 0 radical (unpaired) electrons. The van der Waals surface area contributed by atoms with Gasteiger partial charge in [0.2, 0.25) is 0 Å². The molecule has 0 saturated carbocycles. The number of aryl methyl sites for hydroxylation is 2. The lowest BCUT2D eigenvalue weighted by Crippen LogP contribution is -2.24. The molecule has 2 aromatic carbocycles. The summed E-state index contributed by atoms with van der Waals surface area (Å²) in [5.74, 6) is -0.139. The zero-order valence-corrected chi connectivity index (χ0v) is 21.0. The summed E-state index contributed by atoms with van der Waals surface area (Å²) in [5.41, 5.74) is 3.80. The van der Waals surface area contributed by atoms with Gasteiger partial charge in [0, 0.05) is 18.3 Å². The maximum absolute atomic E-state index is 12.5. The van der Waals surface area contributed by atoms with Crippen molar-refractivity contribution in [1.29, 1.82) is 0 Å². The van der Waals surface area contributed by atoms with Gasteiger partial charge in [-0.3, -0.25) is 0 Å². The molecule has 0 spiro atoms. The summed E-state index contributed by atoms with van der Waals surface area (Å²) in [5, 5.41) is 0. The molecule has 0 amide bonds. The Hall–Kier alpha value is -2.60. The van der Waals surface area contributed by atoms with Gasteiger partial charge in [-0.25, -0.2) is 13.2 Å². The third-order valence-corrected chi connectivity index (χ3v) is 7.45. The van der Waals surface area contributed by atoms with E-state index in [9.17, 15) is 13.2 Å². The molecule has 0 atom stereocenters. The normalized spacial score (nSPS) is 11.2. The first-order valence-electron chi connectivity index (χ1n) is 11.7. The van der Waals surface area contributed by atoms with Crippen LogP contribution in [0.5, 0.6) is 0 Å². The smallest absolute Gasteiger partial charge is 0.333 e. The van der Waals surface area contributed by atoms with E-state index in [1.807, 2.05) is 24.1 Å². The van der Waals surface area contributed by atoms with E-state index in [-0.39, 0.29) is 11.7 Å². The average Bonchev–Trinajstić information content (AvgIpc) is 2.81. The number of anilines is 1. The first-order valence-corrected chi connectivity index (χ1v) is 13.3. The standard InChI is InChI=1S/C27H37NO4S/c1-5-6-7-8-21-33(30,31)26-17-13-24(14-18-26)10-9-23-11-15-25(16-12-23)28(4)19-20-32-27(29)22(2)3/h11-18H,2,5-10,19-21H2,1,3-4H3. The van der Waals surface area contributed by atoms with Gasteiger partial charge in [0.05, 0.1) is 17.2 Å². The molecule has 0 bridgehead atoms. The van der Waals surface area contributed by atoms with E-state index < -0.39 is 9.84 Å². The fourth-order valence-electron chi connectivity index (χ4n) is 3.43. The van der Waals surface area contributed by atoms with Gasteiger partial charge in [-0.1, -0.05) is 57.0 Å². The number of ether oxygens (including phenoxy) is 1. The Morgan fingerprint density at radius 2 is 1.52 bits per heavy atom. The largest absolute Gasteiger partial charge is 0.460 e. The van der Waals surface area contributed by atoms with Crippen LogP contribution in [-0.4, -0.2) is 40.3 Å². The number of unbranched alkanes of at least 4 members (excludes halogenated alkanes) is 3. The van der Waals surface area contributed by atoms with E-state index in [1.165, 1.54) is 5.56 Å². The van der Waals surface area contributed by atoms with Gasteiger partial charge in [0.25, 0.3) is 0 Å². The molecule has 0 aliphatic heterocycles. The molecule has 2 rings (SSSR count). The minimum absolute atomic E-state index is 0.226. The highest BCUT2D eigenvalue weighted by molar-refractivity contribution is 7.91. The molecule has 0 unspecified atom stereocenters. The first kappa shape index (κ1) is 26.7. The number of sulfone groups is 1. The second kappa shape index (κ2) is 13.2. The second-order valence-electron chi connectivity index (χ2n) is 8.53. The van der Waals surface area contributed by atoms with Crippen molar-refractivity contribution in [3.05, 3.63) is 71.8 Å². The Morgan fingerprint density at radius 1 is 0.939 bits per heavy atom. The van der Waals surface area contributed by atoms with Gasteiger partial charge < -0.3 is 9.64 Å². The third-order valence-electron chi connectivity index (χ3n) is 5.64. The van der Waals surface area contributed by atoms with Crippen molar-refractivity contribution >= 4 is 21.5 Å². The molecule has 0 N–H and O–H groups in total. The summed E-state index contributed by atoms with van der Waals surface area (Å²) in [6.07, 6.45) is 5.59. The van der Waals surface area contributed by atoms with Crippen LogP contribution in [0.4, 0.5) is 5.69 Å². The highest BCUT2D eigenvalue weighted by atomic mass is 32.2. The summed E-state index contributed by atoms with van der Waals surface area (Å²) >= 11 is 0. The fraction of sp³-hybridized carbons (Fsp3) is 0.444. The molecule has 33 heavy (non-hydrogen) atoms. The number of nitrogens with zero attached hydrogens (tertiary/aromatic N) is 1. The molecular formula is C27H37NO4S. The zero-order valence-electron chi connectivity index (χ0n) is 20.2. The molecule has 0 saturated heterocycles. The summed E-state index contributed by atoms with van der Waals surface area (Å²) in [6, 6.07) is 15.6. The summed E-state index contributed by atoms with van der Waals surface area (Å²) in [4.78, 5) is 13.9. The fourth-order valence-corrected chi connectivity index (χ4v) is 4.80. The van der Waals surface area contributed by atoms with Crippen LogP contribution in [0.2, 0.25) is 0 Å². The maximum Gasteiger partial charge on any atom is 0.333 e. The quantitative estimate of drug-likeness (QED) is 0.210. The lowest BCUT2D eigenvalue weighted by atomic mass is 10.0. The number of rotatable bonds is 14. The van der Waals surface area contributed by atoms with E-state index in [0.717, 1.165) is 49.8 Å². The van der Waals surface area contributed by atoms with Crippen molar-refractivity contribution in [2.75, 3.05) is 30.9 Å². The molecule has 6 heteroatoms. The molecule has 0 heterocycles. The van der Waals surface area contributed by atoms with Gasteiger partial charge in [-0.2, -0.15) is 0 Å². The molecule has 0 aliphatic rings. The van der Waals surface area contributed by atoms with Crippen LogP contribution in [0.15, 0.2) is 65.6 Å². The lowest BCUT2D eigenvalue weighted by Gasteiger charge is -2.19. The van der Waals surface area contributed by atoms with E-state index in [4.69, 9.17) is 4.74 Å². The maximum atomic E-state index is 12.5. The summed E-state index contributed by atoms with van der Waals surface area (Å²) < 4.78 is 30.1. The van der Waals surface area contributed by atoms with Crippen molar-refractivity contribution in [1.82, 2.24) is 0 Å². The van der Waals surface area contributed by atoms with Crippen LogP contribution < -0.4 is 4.90 Å². The van der Waals surface area contributed by atoms with Crippen molar-refractivity contribution in [3.8, 4) is 0 Å². The van der Waals surface area contributed by atoms with Crippen LogP contribution >= 0.6 is 0 Å². The summed E-state index contributed by atoms with van der Waals surface area (Å²) in [6.45, 7) is 8.25. The molecule has 0 aliphatic carbocycles. The SMILES string of the molecule is C=C(C)C(=O)OCCN(C)c1ccc(CCc2ccc(S(=O)(=O)CCCCCC)cc2)cc1. The Morgan fingerprint density at radius 3 is 2.06 bits per heavy atom. The van der Waals surface area contributed by atoms with Crippen LogP contribution in [-0.2, 0) is 32.2 Å². The minimum atomic E-state index is -3.19. The molecule has 5 nitrogen and oxygen atoms in total. The van der Waals surface area contributed by atoms with Gasteiger partial charge in [-0.15, -0.1) is 0 Å². The first-order chi connectivity index (χ1) is 15.7. The van der Waals surface area contributed by atoms with Gasteiger partial charge in [0.15, 0.2) is 9.84 Å². The van der Waals surface area contributed by atoms with Crippen molar-refractivity contribution in [3.63, 3.8) is 0 Å². The minimum Gasteiger partial charge on any atom is -0.460 e. The van der Waals surface area contributed by atoms with E-state index in [1.54, 1.807) is 19.1 Å². The number of hydrogen-bond donors (Lipinski definition) is 0. The predicted molar refractivity (Wildman–Crippen MR) is 136 cm³/mol. The Bertz CT molecular complexity index is 995. The third kappa shape index (κ3) is 9.04. The molecule has 2 aromatic rings. The van der Waals surface area contributed by atoms with Gasteiger partial charge >= 0.3 is 5.97 Å². The number of benzene rings is 2. The van der Waals surface area contributed by atoms with Crippen LogP contribution in [0.1, 0.15) is 50.7 Å². The molecule has 180 valence electrons. The van der Waals surface area contributed by atoms with Crippen LogP contribution in [0.25, 0.3) is 0 Å². The number of likely N-dealkylation sites (N-methyl/N-ethyl adjacent to an activating group) is 1. The van der Waals surface area contributed by atoms with E-state index in [0.29, 0.717) is 23.6 Å². The van der Waals surface area contributed by atoms with Crippen molar-refractivity contribution in [2.24, 2.45) is 0 Å². The number of carbonyl (C=O) groups is 1. The Kier molecular flexibility index (Phi) is 10.7. The Balaban J connectivity index is 1.82. The molecular weight excluding hydrogens is 434 g/mol. The van der Waals surface area contributed by atoms with Crippen molar-refractivity contribution < 1.29 is 17.9 Å². The number of esters is 1. The van der Waals surface area contributed by atoms with Crippen LogP contribution in [0, 0.1) is 0 Å². The highest BCUT2D eigenvalue weighted by Gasteiger charge is 2.13. The monoisotopic (exact) mass is 471 g/mol. The number of carbonyl (C=O) groups excluding carboxylic acids is 1. The topological polar surface area (TPSA) is 63.7 Å². The van der Waals surface area contributed by atoms with Gasteiger partial charge in [0.1, 0.15) is 6.61 Å². The lowest BCUT2D eigenvalue weighted by molar-refractivity contribution is -0.138. The van der Waals surface area contributed by atoms with Crippen LogP contribution in [0.3, 0.4) is 0 Å². The number of hydrogen-bond acceptors (Lipinski definition) is 5. The zero-order chi connectivity index (χ0) is 24.3. The molecule has 0 aromatic heterocycles. The van der Waals surface area contributed by atoms with E-state index in [2.05, 4.69) is 37.8 Å². The average molecular weight is 472 g/mol. The van der Waals surface area contributed by atoms with E-state index >= 15 is 0 Å². The van der Waals surface area contributed by atoms with Crippen molar-refractivity contribution in [2.45, 2.75) is 57.3 Å². The second-order valence-corrected chi connectivity index (χ2v) is 10.6. The summed E-state index contributed by atoms with van der Waals surface area (Å²) in [7, 11) is -1.23. The highest BCUT2D eigenvalue weighted by Crippen LogP contribution is 2.18. The predicted octanol–water partition coefficient (Wildman–Crippen LogP) is 5.38.